The molecule has 1 heterocycles. The third-order valence-corrected chi connectivity index (χ3v) is 3.79. The van der Waals surface area contributed by atoms with E-state index in [1.807, 2.05) is 67.7 Å². The molecule has 3 aromatic rings. The topological polar surface area (TPSA) is 57.8 Å². The molecule has 3 rings (SSSR count). The van der Waals surface area contributed by atoms with Crippen LogP contribution in [0.5, 0.6) is 0 Å². The molecule has 0 fully saturated rings. The Bertz CT molecular complexity index is 776. The number of nitrogens with zero attached hydrogens (tertiary/aromatic N) is 1. The van der Waals surface area contributed by atoms with Crippen LogP contribution in [0, 0.1) is 6.92 Å². The van der Waals surface area contributed by atoms with E-state index in [2.05, 4.69) is 15.5 Å². The van der Waals surface area contributed by atoms with Crippen LogP contribution in [-0.2, 0) is 11.2 Å². The largest absolute Gasteiger partial charge is 0.326 e. The highest BCUT2D eigenvalue weighted by Crippen LogP contribution is 2.23. The van der Waals surface area contributed by atoms with Gasteiger partial charge in [0.15, 0.2) is 0 Å². The fourth-order valence-electron chi connectivity index (χ4n) is 2.51. The Labute approximate surface area is 135 Å². The van der Waals surface area contributed by atoms with Crippen molar-refractivity contribution in [2.24, 2.45) is 0 Å². The van der Waals surface area contributed by atoms with Gasteiger partial charge in [0.25, 0.3) is 0 Å². The average Bonchev–Trinajstić information content (AvgIpc) is 3.01. The summed E-state index contributed by atoms with van der Waals surface area (Å²) < 4.78 is 0. The minimum atomic E-state index is 0.0288. The summed E-state index contributed by atoms with van der Waals surface area (Å²) in [6, 6.07) is 17.9. The monoisotopic (exact) mass is 305 g/mol. The maximum absolute atomic E-state index is 12.0. The number of rotatable bonds is 5. The molecule has 4 heteroatoms. The van der Waals surface area contributed by atoms with Gasteiger partial charge >= 0.3 is 0 Å². The van der Waals surface area contributed by atoms with Gasteiger partial charge in [-0.3, -0.25) is 9.89 Å². The summed E-state index contributed by atoms with van der Waals surface area (Å²) in [7, 11) is 0. The van der Waals surface area contributed by atoms with Gasteiger partial charge in [-0.25, -0.2) is 0 Å². The number of H-pyrrole nitrogens is 1. The van der Waals surface area contributed by atoms with Crippen molar-refractivity contribution >= 4 is 11.6 Å². The van der Waals surface area contributed by atoms with Crippen molar-refractivity contribution in [3.63, 3.8) is 0 Å². The number of carbonyl (C=O) groups is 1. The summed E-state index contributed by atoms with van der Waals surface area (Å²) in [5.74, 6) is 0.0288. The SMILES string of the molecule is Cc1n[nH]cc1-c1ccc(NC(=O)CCc2ccccc2)cc1. The Morgan fingerprint density at radius 2 is 1.83 bits per heavy atom. The van der Waals surface area contributed by atoms with Crippen molar-refractivity contribution in [2.75, 3.05) is 5.32 Å². The molecule has 2 aromatic carbocycles. The lowest BCUT2D eigenvalue weighted by Crippen LogP contribution is -2.12. The first-order chi connectivity index (χ1) is 11.2. The lowest BCUT2D eigenvalue weighted by molar-refractivity contribution is -0.116. The Kier molecular flexibility index (Phi) is 4.52. The van der Waals surface area contributed by atoms with Crippen molar-refractivity contribution in [1.82, 2.24) is 10.2 Å². The molecule has 116 valence electrons. The third-order valence-electron chi connectivity index (χ3n) is 3.79. The molecule has 0 radical (unpaired) electrons. The second-order valence-corrected chi connectivity index (χ2v) is 5.50. The molecule has 0 unspecified atom stereocenters. The molecule has 2 N–H and O–H groups in total. The summed E-state index contributed by atoms with van der Waals surface area (Å²) in [5, 5.41) is 9.92. The number of hydrogen-bond donors (Lipinski definition) is 2. The summed E-state index contributed by atoms with van der Waals surface area (Å²) in [4.78, 5) is 12.0. The van der Waals surface area contributed by atoms with E-state index in [0.29, 0.717) is 6.42 Å². The second-order valence-electron chi connectivity index (χ2n) is 5.50. The molecule has 0 saturated carbocycles. The van der Waals surface area contributed by atoms with Crippen LogP contribution in [0.1, 0.15) is 17.7 Å². The van der Waals surface area contributed by atoms with E-state index < -0.39 is 0 Å². The smallest absolute Gasteiger partial charge is 0.224 e. The van der Waals surface area contributed by atoms with Crippen LogP contribution in [-0.4, -0.2) is 16.1 Å². The predicted molar refractivity (Wildman–Crippen MR) is 92.2 cm³/mol. The van der Waals surface area contributed by atoms with Gasteiger partial charge in [-0.15, -0.1) is 0 Å². The number of benzene rings is 2. The Morgan fingerprint density at radius 3 is 2.48 bits per heavy atom. The van der Waals surface area contributed by atoms with Crippen molar-refractivity contribution in [3.8, 4) is 11.1 Å². The average molecular weight is 305 g/mol. The van der Waals surface area contributed by atoms with Gasteiger partial charge in [0, 0.05) is 23.9 Å². The summed E-state index contributed by atoms with van der Waals surface area (Å²) >= 11 is 0. The fourth-order valence-corrected chi connectivity index (χ4v) is 2.51. The van der Waals surface area contributed by atoms with E-state index in [0.717, 1.165) is 28.9 Å². The predicted octanol–water partition coefficient (Wildman–Crippen LogP) is 3.96. The molecule has 23 heavy (non-hydrogen) atoms. The van der Waals surface area contributed by atoms with Crippen LogP contribution < -0.4 is 5.32 Å². The number of nitrogens with one attached hydrogen (secondary N) is 2. The first kappa shape index (κ1) is 15.0. The maximum atomic E-state index is 12.0. The molecule has 0 spiro atoms. The highest BCUT2D eigenvalue weighted by Gasteiger charge is 2.06. The quantitative estimate of drug-likeness (QED) is 0.749. The van der Waals surface area contributed by atoms with Crippen LogP contribution in [0.15, 0.2) is 60.8 Å². The minimum Gasteiger partial charge on any atom is -0.326 e. The molecule has 0 aliphatic rings. The minimum absolute atomic E-state index is 0.0288. The number of aryl methyl sites for hydroxylation is 2. The highest BCUT2D eigenvalue weighted by molar-refractivity contribution is 5.91. The van der Waals surface area contributed by atoms with Crippen molar-refractivity contribution in [1.29, 1.82) is 0 Å². The molecule has 1 aromatic heterocycles. The number of anilines is 1. The van der Waals surface area contributed by atoms with Gasteiger partial charge in [-0.05, 0) is 36.6 Å². The van der Waals surface area contributed by atoms with E-state index in [4.69, 9.17) is 0 Å². The van der Waals surface area contributed by atoms with Gasteiger partial charge in [0.05, 0.1) is 5.69 Å². The molecule has 0 atom stereocenters. The third kappa shape index (κ3) is 3.86. The lowest BCUT2D eigenvalue weighted by atomic mass is 10.1. The van der Waals surface area contributed by atoms with Gasteiger partial charge < -0.3 is 5.32 Å². The van der Waals surface area contributed by atoms with Gasteiger partial charge in [0.2, 0.25) is 5.91 Å². The van der Waals surface area contributed by atoms with Crippen molar-refractivity contribution in [3.05, 3.63) is 72.1 Å². The number of carbonyl (C=O) groups excluding carboxylic acids is 1. The molecule has 1 amide bonds. The second kappa shape index (κ2) is 6.92. The lowest BCUT2D eigenvalue weighted by Gasteiger charge is -2.06. The first-order valence-electron chi connectivity index (χ1n) is 7.67. The van der Waals surface area contributed by atoms with Crippen molar-refractivity contribution < 1.29 is 4.79 Å². The van der Waals surface area contributed by atoms with E-state index in [1.54, 1.807) is 0 Å². The number of aromatic nitrogens is 2. The summed E-state index contributed by atoms with van der Waals surface area (Å²) in [6.07, 6.45) is 3.11. The molecule has 0 saturated heterocycles. The van der Waals surface area contributed by atoms with E-state index in [-0.39, 0.29) is 5.91 Å². The zero-order chi connectivity index (χ0) is 16.1. The standard InChI is InChI=1S/C19H19N3O/c1-14-18(13-20-22-14)16-8-10-17(11-9-16)21-19(23)12-7-15-5-3-2-4-6-15/h2-6,8-11,13H,7,12H2,1H3,(H,20,22)(H,21,23). The summed E-state index contributed by atoms with van der Waals surface area (Å²) in [5.41, 5.74) is 5.11. The summed E-state index contributed by atoms with van der Waals surface area (Å²) in [6.45, 7) is 1.96. The highest BCUT2D eigenvalue weighted by atomic mass is 16.1. The van der Waals surface area contributed by atoms with Crippen LogP contribution in [0.25, 0.3) is 11.1 Å². The van der Waals surface area contributed by atoms with Crippen LogP contribution >= 0.6 is 0 Å². The molecular weight excluding hydrogens is 286 g/mol. The molecule has 0 bridgehead atoms. The zero-order valence-corrected chi connectivity index (χ0v) is 13.0. The number of aromatic amines is 1. The van der Waals surface area contributed by atoms with Gasteiger partial charge in [0.1, 0.15) is 0 Å². The van der Waals surface area contributed by atoms with Gasteiger partial charge in [-0.2, -0.15) is 5.10 Å². The molecule has 4 nitrogen and oxygen atoms in total. The normalized spacial score (nSPS) is 10.5. The van der Waals surface area contributed by atoms with Gasteiger partial charge in [-0.1, -0.05) is 42.5 Å². The fraction of sp³-hybridized carbons (Fsp3) is 0.158. The van der Waals surface area contributed by atoms with Crippen molar-refractivity contribution in [2.45, 2.75) is 19.8 Å². The molecule has 0 aliphatic heterocycles. The molecule has 0 aliphatic carbocycles. The van der Waals surface area contributed by atoms with E-state index in [1.165, 1.54) is 5.56 Å². The first-order valence-corrected chi connectivity index (χ1v) is 7.67. The maximum Gasteiger partial charge on any atom is 0.224 e. The number of amides is 1. The van der Waals surface area contributed by atoms with Crippen LogP contribution in [0.3, 0.4) is 0 Å². The molecular formula is C19H19N3O. The van der Waals surface area contributed by atoms with Crippen LogP contribution in [0.2, 0.25) is 0 Å². The Balaban J connectivity index is 1.58. The number of hydrogen-bond acceptors (Lipinski definition) is 2. The Hall–Kier alpha value is -2.88. The zero-order valence-electron chi connectivity index (χ0n) is 13.0. The Morgan fingerprint density at radius 1 is 1.09 bits per heavy atom. The van der Waals surface area contributed by atoms with Crippen LogP contribution in [0.4, 0.5) is 5.69 Å². The van der Waals surface area contributed by atoms with E-state index >= 15 is 0 Å². The van der Waals surface area contributed by atoms with E-state index in [9.17, 15) is 4.79 Å².